The third kappa shape index (κ3) is 2.79. The Balaban J connectivity index is 2.15. The molecule has 18 heavy (non-hydrogen) atoms. The first-order valence-electron chi connectivity index (χ1n) is 6.27. The van der Waals surface area contributed by atoms with Crippen LogP contribution in [0.5, 0.6) is 5.88 Å². The monoisotopic (exact) mass is 250 g/mol. The van der Waals surface area contributed by atoms with E-state index in [1.54, 1.807) is 12.3 Å². The molecule has 5 nitrogen and oxygen atoms in total. The lowest BCUT2D eigenvalue weighted by Gasteiger charge is -2.30. The Labute approximate surface area is 106 Å². The quantitative estimate of drug-likeness (QED) is 0.849. The number of carboxylic acid groups (broad SMARTS) is 1. The van der Waals surface area contributed by atoms with Crippen LogP contribution >= 0.6 is 0 Å². The van der Waals surface area contributed by atoms with E-state index >= 15 is 0 Å². The average molecular weight is 250 g/mol. The molecular formula is C13H18N2O3. The molecule has 1 aliphatic rings. The van der Waals surface area contributed by atoms with Crippen LogP contribution in [0.2, 0.25) is 0 Å². The highest BCUT2D eigenvalue weighted by Gasteiger charge is 2.27. The van der Waals surface area contributed by atoms with Gasteiger partial charge < -0.3 is 15.6 Å². The summed E-state index contributed by atoms with van der Waals surface area (Å²) in [4.78, 5) is 15.1. The van der Waals surface area contributed by atoms with Gasteiger partial charge in [0.2, 0.25) is 5.88 Å². The second-order valence-electron chi connectivity index (χ2n) is 4.60. The first-order valence-corrected chi connectivity index (χ1v) is 6.27. The summed E-state index contributed by atoms with van der Waals surface area (Å²) < 4.78 is 5.78. The highest BCUT2D eigenvalue weighted by molar-refractivity contribution is 5.90. The Kier molecular flexibility index (Phi) is 4.15. The van der Waals surface area contributed by atoms with Gasteiger partial charge in [0.1, 0.15) is 11.7 Å². The number of pyridine rings is 1. The third-order valence-electron chi connectivity index (χ3n) is 3.41. The number of ether oxygens (including phenoxy) is 1. The van der Waals surface area contributed by atoms with Gasteiger partial charge in [-0.2, -0.15) is 0 Å². The van der Waals surface area contributed by atoms with Gasteiger partial charge in [0.15, 0.2) is 0 Å². The maximum absolute atomic E-state index is 11.1. The summed E-state index contributed by atoms with van der Waals surface area (Å²) >= 11 is 0. The zero-order chi connectivity index (χ0) is 13.0. The first-order chi connectivity index (χ1) is 8.72. The minimum absolute atomic E-state index is 0.0169. The van der Waals surface area contributed by atoms with Crippen molar-refractivity contribution in [1.29, 1.82) is 0 Å². The fraction of sp³-hybridized carbons (Fsp3) is 0.538. The number of hydrogen-bond acceptors (Lipinski definition) is 4. The number of aromatic carboxylic acids is 1. The van der Waals surface area contributed by atoms with Crippen molar-refractivity contribution >= 4 is 5.97 Å². The maximum Gasteiger partial charge on any atom is 0.341 e. The van der Waals surface area contributed by atoms with Crippen LogP contribution in [0.25, 0.3) is 0 Å². The third-order valence-corrected chi connectivity index (χ3v) is 3.41. The molecule has 3 N–H and O–H groups in total. The second kappa shape index (κ2) is 5.82. The van der Waals surface area contributed by atoms with Crippen LogP contribution in [0, 0.1) is 5.92 Å². The van der Waals surface area contributed by atoms with E-state index in [1.807, 2.05) is 0 Å². The zero-order valence-electron chi connectivity index (χ0n) is 10.2. The standard InChI is InChI=1S/C13H18N2O3/c14-8-9-4-1-2-6-11(9)18-12-10(13(16)17)5-3-7-15-12/h3,5,7,9,11H,1-2,4,6,8,14H2,(H,16,17). The van der Waals surface area contributed by atoms with Crippen molar-refractivity contribution in [3.05, 3.63) is 23.9 Å². The summed E-state index contributed by atoms with van der Waals surface area (Å²) in [6, 6.07) is 3.10. The summed E-state index contributed by atoms with van der Waals surface area (Å²) in [5.41, 5.74) is 5.84. The number of nitrogens with zero attached hydrogens (tertiary/aromatic N) is 1. The molecule has 0 aromatic carbocycles. The number of carbonyl (C=O) groups is 1. The predicted octanol–water partition coefficient (Wildman–Crippen LogP) is 1.68. The minimum atomic E-state index is -1.02. The molecule has 1 aromatic heterocycles. The molecule has 1 fully saturated rings. The van der Waals surface area contributed by atoms with Gasteiger partial charge in [0.25, 0.3) is 0 Å². The van der Waals surface area contributed by atoms with Crippen LogP contribution in [0.4, 0.5) is 0 Å². The average Bonchev–Trinajstić information content (AvgIpc) is 2.40. The smallest absolute Gasteiger partial charge is 0.341 e. The van der Waals surface area contributed by atoms with E-state index in [2.05, 4.69) is 4.98 Å². The second-order valence-corrected chi connectivity index (χ2v) is 4.60. The predicted molar refractivity (Wildman–Crippen MR) is 66.6 cm³/mol. The van der Waals surface area contributed by atoms with Crippen LogP contribution in [0.1, 0.15) is 36.0 Å². The van der Waals surface area contributed by atoms with Gasteiger partial charge in [-0.05, 0) is 37.9 Å². The zero-order valence-corrected chi connectivity index (χ0v) is 10.2. The van der Waals surface area contributed by atoms with Gasteiger partial charge in [-0.1, -0.05) is 6.42 Å². The number of nitrogens with two attached hydrogens (primary N) is 1. The van der Waals surface area contributed by atoms with E-state index in [0.717, 1.165) is 25.7 Å². The first kappa shape index (κ1) is 12.8. The van der Waals surface area contributed by atoms with Crippen LogP contribution in [-0.2, 0) is 0 Å². The summed E-state index contributed by atoms with van der Waals surface area (Å²) in [5, 5.41) is 9.07. The Hall–Kier alpha value is -1.62. The number of rotatable bonds is 4. The molecule has 5 heteroatoms. The van der Waals surface area contributed by atoms with Gasteiger partial charge >= 0.3 is 5.97 Å². The fourth-order valence-corrected chi connectivity index (χ4v) is 2.39. The summed E-state index contributed by atoms with van der Waals surface area (Å²) in [6.07, 6.45) is 5.74. The molecule has 0 amide bonds. The lowest BCUT2D eigenvalue weighted by atomic mass is 9.86. The molecule has 1 saturated carbocycles. The van der Waals surface area contributed by atoms with E-state index < -0.39 is 5.97 Å². The topological polar surface area (TPSA) is 85.4 Å². The SMILES string of the molecule is NCC1CCCCC1Oc1ncccc1C(=O)O. The van der Waals surface area contributed by atoms with Gasteiger partial charge in [0.05, 0.1) is 0 Å². The van der Waals surface area contributed by atoms with Crippen LogP contribution in [-0.4, -0.2) is 28.7 Å². The molecule has 0 bridgehead atoms. The van der Waals surface area contributed by atoms with Gasteiger partial charge in [-0.3, -0.25) is 0 Å². The highest BCUT2D eigenvalue weighted by Crippen LogP contribution is 2.28. The Morgan fingerprint density at radius 1 is 1.50 bits per heavy atom. The molecule has 0 radical (unpaired) electrons. The molecule has 1 aromatic rings. The highest BCUT2D eigenvalue weighted by atomic mass is 16.5. The van der Waals surface area contributed by atoms with Crippen LogP contribution < -0.4 is 10.5 Å². The van der Waals surface area contributed by atoms with Crippen LogP contribution in [0.15, 0.2) is 18.3 Å². The van der Waals surface area contributed by atoms with Gasteiger partial charge in [-0.15, -0.1) is 0 Å². The molecule has 98 valence electrons. The lowest BCUT2D eigenvalue weighted by Crippen LogP contribution is -2.35. The minimum Gasteiger partial charge on any atom is -0.477 e. The van der Waals surface area contributed by atoms with Crippen molar-refractivity contribution in [3.8, 4) is 5.88 Å². The van der Waals surface area contributed by atoms with E-state index in [9.17, 15) is 4.79 Å². The van der Waals surface area contributed by atoms with Gasteiger partial charge in [0, 0.05) is 12.1 Å². The molecule has 2 unspecified atom stereocenters. The maximum atomic E-state index is 11.1. The molecule has 1 aliphatic carbocycles. The van der Waals surface area contributed by atoms with Crippen molar-refractivity contribution in [2.75, 3.05) is 6.54 Å². The molecule has 1 heterocycles. The van der Waals surface area contributed by atoms with Gasteiger partial charge in [-0.25, -0.2) is 9.78 Å². The normalized spacial score (nSPS) is 23.6. The van der Waals surface area contributed by atoms with Crippen molar-refractivity contribution in [2.24, 2.45) is 11.7 Å². The lowest BCUT2D eigenvalue weighted by molar-refractivity contribution is 0.0663. The van der Waals surface area contributed by atoms with Crippen molar-refractivity contribution in [2.45, 2.75) is 31.8 Å². The summed E-state index contributed by atoms with van der Waals surface area (Å²) in [5.74, 6) is -0.518. The Bertz CT molecular complexity index is 422. The van der Waals surface area contributed by atoms with E-state index in [0.29, 0.717) is 12.5 Å². The summed E-state index contributed by atoms with van der Waals surface area (Å²) in [6.45, 7) is 0.569. The van der Waals surface area contributed by atoms with Crippen molar-refractivity contribution in [3.63, 3.8) is 0 Å². The molecule has 2 rings (SSSR count). The number of aromatic nitrogens is 1. The number of hydrogen-bond donors (Lipinski definition) is 2. The van der Waals surface area contributed by atoms with Crippen LogP contribution in [0.3, 0.4) is 0 Å². The largest absolute Gasteiger partial charge is 0.477 e. The van der Waals surface area contributed by atoms with E-state index in [-0.39, 0.29) is 17.5 Å². The molecule has 0 aliphatic heterocycles. The van der Waals surface area contributed by atoms with Crippen molar-refractivity contribution in [1.82, 2.24) is 4.98 Å². The van der Waals surface area contributed by atoms with E-state index in [4.69, 9.17) is 15.6 Å². The molecular weight excluding hydrogens is 232 g/mol. The molecule has 0 saturated heterocycles. The Morgan fingerprint density at radius 3 is 3.00 bits per heavy atom. The van der Waals surface area contributed by atoms with Crippen molar-refractivity contribution < 1.29 is 14.6 Å². The Morgan fingerprint density at radius 2 is 2.28 bits per heavy atom. The molecule has 2 atom stereocenters. The van der Waals surface area contributed by atoms with E-state index in [1.165, 1.54) is 6.07 Å². The number of carboxylic acids is 1. The summed E-state index contributed by atoms with van der Waals surface area (Å²) in [7, 11) is 0. The molecule has 0 spiro atoms. The fourth-order valence-electron chi connectivity index (χ4n) is 2.39.